The van der Waals surface area contributed by atoms with Gasteiger partial charge in [0.2, 0.25) is 0 Å². The summed E-state index contributed by atoms with van der Waals surface area (Å²) in [7, 11) is 0. The van der Waals surface area contributed by atoms with Crippen molar-refractivity contribution in [3.63, 3.8) is 0 Å². The molecule has 4 saturated carbocycles. The molecule has 0 aliphatic heterocycles. The molecule has 98 valence electrons. The molecule has 18 heavy (non-hydrogen) atoms. The third-order valence-electron chi connectivity index (χ3n) is 5.67. The molecule has 4 aliphatic rings. The van der Waals surface area contributed by atoms with Gasteiger partial charge in [-0.3, -0.25) is 0 Å². The Kier molecular flexibility index (Phi) is 2.20. The monoisotopic (exact) mass is 245 g/mol. The van der Waals surface area contributed by atoms with Crippen LogP contribution in [0.25, 0.3) is 0 Å². The Morgan fingerprint density at radius 2 is 1.78 bits per heavy atom. The van der Waals surface area contributed by atoms with Gasteiger partial charge in [-0.2, -0.15) is 0 Å². The fraction of sp³-hybridized carbons (Fsp3) is 0.800. The minimum atomic E-state index is 0.379. The number of nitrogens with two attached hydrogens (primary N) is 1. The van der Waals surface area contributed by atoms with E-state index >= 15 is 0 Å². The highest BCUT2D eigenvalue weighted by atomic mass is 15.2. The topological polar surface area (TPSA) is 43.8 Å². The maximum atomic E-state index is 5.90. The molecule has 3 nitrogen and oxygen atoms in total. The van der Waals surface area contributed by atoms with Crippen LogP contribution in [0.4, 0.5) is 0 Å². The summed E-state index contributed by atoms with van der Waals surface area (Å²) in [4.78, 5) is 4.53. The highest BCUT2D eigenvalue weighted by Gasteiger charge is 2.52. The summed E-state index contributed by atoms with van der Waals surface area (Å²) in [6.07, 6.45) is 10.6. The van der Waals surface area contributed by atoms with Crippen molar-refractivity contribution in [2.24, 2.45) is 23.5 Å². The van der Waals surface area contributed by atoms with E-state index in [1.54, 1.807) is 0 Å². The van der Waals surface area contributed by atoms with Crippen molar-refractivity contribution in [3.8, 4) is 0 Å². The number of hydrogen-bond donors (Lipinski definition) is 1. The molecule has 0 saturated heterocycles. The molecule has 0 amide bonds. The van der Waals surface area contributed by atoms with Gasteiger partial charge in [-0.1, -0.05) is 0 Å². The number of aromatic nitrogens is 2. The zero-order valence-corrected chi connectivity index (χ0v) is 11.2. The quantitative estimate of drug-likeness (QED) is 0.870. The number of hydrogen-bond acceptors (Lipinski definition) is 2. The molecule has 4 aliphatic carbocycles. The van der Waals surface area contributed by atoms with Gasteiger partial charge in [0.15, 0.2) is 0 Å². The molecule has 0 aromatic carbocycles. The zero-order valence-electron chi connectivity index (χ0n) is 11.2. The predicted molar refractivity (Wildman–Crippen MR) is 71.0 cm³/mol. The van der Waals surface area contributed by atoms with Crippen LogP contribution in [-0.4, -0.2) is 9.55 Å². The Labute approximate surface area is 109 Å². The lowest BCUT2D eigenvalue weighted by atomic mass is 9.53. The normalized spacial score (nSPS) is 41.6. The van der Waals surface area contributed by atoms with Crippen LogP contribution in [-0.2, 0) is 12.1 Å². The zero-order chi connectivity index (χ0) is 12.3. The molecule has 5 rings (SSSR count). The van der Waals surface area contributed by atoms with Crippen molar-refractivity contribution in [2.75, 3.05) is 0 Å². The molecule has 0 spiro atoms. The lowest BCUT2D eigenvalue weighted by Crippen LogP contribution is -2.52. The highest BCUT2D eigenvalue weighted by Crippen LogP contribution is 2.59. The molecular weight excluding hydrogens is 222 g/mol. The van der Waals surface area contributed by atoms with E-state index in [0.717, 1.165) is 23.6 Å². The van der Waals surface area contributed by atoms with E-state index in [2.05, 4.69) is 16.5 Å². The second-order valence-electron chi connectivity index (χ2n) is 7.00. The Morgan fingerprint density at radius 3 is 2.28 bits per heavy atom. The molecule has 2 N–H and O–H groups in total. The average molecular weight is 245 g/mol. The predicted octanol–water partition coefficient (Wildman–Crippen LogP) is 2.58. The summed E-state index contributed by atoms with van der Waals surface area (Å²) < 4.78 is 2.53. The largest absolute Gasteiger partial charge is 0.325 e. The van der Waals surface area contributed by atoms with Crippen LogP contribution >= 0.6 is 0 Å². The first-order valence-electron chi connectivity index (χ1n) is 7.44. The summed E-state index contributed by atoms with van der Waals surface area (Å²) >= 11 is 0. The van der Waals surface area contributed by atoms with Gasteiger partial charge < -0.3 is 10.3 Å². The molecule has 4 bridgehead atoms. The van der Waals surface area contributed by atoms with Crippen molar-refractivity contribution in [2.45, 2.75) is 57.5 Å². The Balaban J connectivity index is 1.81. The second-order valence-corrected chi connectivity index (χ2v) is 7.00. The first-order chi connectivity index (χ1) is 8.70. The van der Waals surface area contributed by atoms with Crippen molar-refractivity contribution < 1.29 is 0 Å². The number of imidazole rings is 1. The molecular formula is C15H23N3. The lowest BCUT2D eigenvalue weighted by molar-refractivity contribution is -0.0452. The standard InChI is InChI=1S/C15H23N3/c1-10-9-17-14(8-16)18(10)15-5-11-2-12(6-15)4-13(3-11)7-15/h9,11-13H,2-8,16H2,1H3. The van der Waals surface area contributed by atoms with Gasteiger partial charge in [0.05, 0.1) is 6.54 Å². The van der Waals surface area contributed by atoms with Gasteiger partial charge in [-0.25, -0.2) is 4.98 Å². The van der Waals surface area contributed by atoms with Crippen molar-refractivity contribution in [1.82, 2.24) is 9.55 Å². The lowest BCUT2D eigenvalue weighted by Gasteiger charge is -2.57. The Bertz CT molecular complexity index is 439. The Morgan fingerprint density at radius 1 is 1.22 bits per heavy atom. The number of nitrogens with zero attached hydrogens (tertiary/aromatic N) is 2. The molecule has 0 radical (unpaired) electrons. The number of rotatable bonds is 2. The van der Waals surface area contributed by atoms with Crippen LogP contribution in [0.3, 0.4) is 0 Å². The smallest absolute Gasteiger partial charge is 0.123 e. The average Bonchev–Trinajstić information content (AvgIpc) is 2.69. The minimum absolute atomic E-state index is 0.379. The molecule has 1 aromatic rings. The van der Waals surface area contributed by atoms with E-state index in [0.29, 0.717) is 12.1 Å². The van der Waals surface area contributed by atoms with Crippen LogP contribution in [0, 0.1) is 24.7 Å². The summed E-state index contributed by atoms with van der Waals surface area (Å²) in [5, 5.41) is 0. The fourth-order valence-corrected chi connectivity index (χ4v) is 5.62. The second kappa shape index (κ2) is 3.60. The van der Waals surface area contributed by atoms with Crippen LogP contribution < -0.4 is 5.73 Å². The summed E-state index contributed by atoms with van der Waals surface area (Å²) in [6.45, 7) is 2.78. The molecule has 4 fully saturated rings. The minimum Gasteiger partial charge on any atom is -0.325 e. The summed E-state index contributed by atoms with van der Waals surface area (Å²) in [6, 6.07) is 0. The Hall–Kier alpha value is -0.830. The van der Waals surface area contributed by atoms with E-state index in [-0.39, 0.29) is 0 Å². The summed E-state index contributed by atoms with van der Waals surface area (Å²) in [5.41, 5.74) is 7.60. The molecule has 1 aromatic heterocycles. The van der Waals surface area contributed by atoms with E-state index < -0.39 is 0 Å². The van der Waals surface area contributed by atoms with Crippen LogP contribution in [0.15, 0.2) is 6.20 Å². The van der Waals surface area contributed by atoms with E-state index in [1.807, 2.05) is 6.20 Å². The molecule has 0 unspecified atom stereocenters. The third kappa shape index (κ3) is 1.37. The number of aryl methyl sites for hydroxylation is 1. The van der Waals surface area contributed by atoms with Gasteiger partial charge in [-0.15, -0.1) is 0 Å². The van der Waals surface area contributed by atoms with Gasteiger partial charge in [0.25, 0.3) is 0 Å². The first kappa shape index (κ1) is 11.0. The van der Waals surface area contributed by atoms with Crippen LogP contribution in [0.5, 0.6) is 0 Å². The van der Waals surface area contributed by atoms with Gasteiger partial charge >= 0.3 is 0 Å². The van der Waals surface area contributed by atoms with E-state index in [9.17, 15) is 0 Å². The molecule has 3 heteroatoms. The summed E-state index contributed by atoms with van der Waals surface area (Å²) in [5.74, 6) is 4.03. The van der Waals surface area contributed by atoms with E-state index in [4.69, 9.17) is 5.73 Å². The van der Waals surface area contributed by atoms with Crippen molar-refractivity contribution >= 4 is 0 Å². The maximum Gasteiger partial charge on any atom is 0.123 e. The molecule has 0 atom stereocenters. The van der Waals surface area contributed by atoms with Crippen molar-refractivity contribution in [1.29, 1.82) is 0 Å². The van der Waals surface area contributed by atoms with E-state index in [1.165, 1.54) is 44.2 Å². The third-order valence-corrected chi connectivity index (χ3v) is 5.67. The van der Waals surface area contributed by atoms with Gasteiger partial charge in [0, 0.05) is 17.4 Å². The van der Waals surface area contributed by atoms with Gasteiger partial charge in [0.1, 0.15) is 5.82 Å². The molecule has 1 heterocycles. The highest BCUT2D eigenvalue weighted by molar-refractivity contribution is 5.14. The maximum absolute atomic E-state index is 5.90. The SMILES string of the molecule is Cc1cnc(CN)n1C12CC3CC(CC(C3)C1)C2. The first-order valence-corrected chi connectivity index (χ1v) is 7.44. The van der Waals surface area contributed by atoms with Crippen LogP contribution in [0.2, 0.25) is 0 Å². The van der Waals surface area contributed by atoms with Gasteiger partial charge in [-0.05, 0) is 63.2 Å². The van der Waals surface area contributed by atoms with Crippen LogP contribution in [0.1, 0.15) is 50.0 Å². The van der Waals surface area contributed by atoms with Crippen molar-refractivity contribution in [3.05, 3.63) is 17.7 Å². The fourth-order valence-electron chi connectivity index (χ4n) is 5.62.